The Labute approximate surface area is 91.0 Å². The summed E-state index contributed by atoms with van der Waals surface area (Å²) in [6.45, 7) is 4.34. The minimum Gasteiger partial charge on any atom is -1.00 e. The second-order valence-electron chi connectivity index (χ2n) is 3.73. The van der Waals surface area contributed by atoms with Crippen molar-refractivity contribution in [2.24, 2.45) is 0 Å². The molecule has 1 aromatic heterocycles. The molecule has 0 N–H and O–H groups in total. The van der Waals surface area contributed by atoms with Gasteiger partial charge in [-0.05, 0) is 19.1 Å². The standard InChI is InChI=1S/C10H17N2.BrH/c1-4-12(2,3)9-10-7-5-6-8-11-10;/h5-8H,4,9H2,1-3H3;1H/q+1;/p-1. The smallest absolute Gasteiger partial charge is 0.121 e. The van der Waals surface area contributed by atoms with Gasteiger partial charge < -0.3 is 21.5 Å². The Morgan fingerprint density at radius 1 is 1.31 bits per heavy atom. The monoisotopic (exact) mass is 244 g/mol. The summed E-state index contributed by atoms with van der Waals surface area (Å²) in [6.07, 6.45) is 1.85. The Balaban J connectivity index is 0.00000144. The van der Waals surface area contributed by atoms with Gasteiger partial charge in [-0.2, -0.15) is 0 Å². The van der Waals surface area contributed by atoms with Gasteiger partial charge >= 0.3 is 0 Å². The van der Waals surface area contributed by atoms with Crippen molar-refractivity contribution < 1.29 is 21.5 Å². The van der Waals surface area contributed by atoms with Crippen LogP contribution in [0.2, 0.25) is 0 Å². The van der Waals surface area contributed by atoms with Crippen LogP contribution >= 0.6 is 0 Å². The summed E-state index contributed by atoms with van der Waals surface area (Å²) in [5.74, 6) is 0. The second-order valence-corrected chi connectivity index (χ2v) is 3.73. The molecule has 0 amide bonds. The molecule has 0 saturated carbocycles. The van der Waals surface area contributed by atoms with E-state index in [0.717, 1.165) is 17.6 Å². The Bertz CT molecular complexity index is 234. The van der Waals surface area contributed by atoms with Crippen LogP contribution in [0.25, 0.3) is 0 Å². The Kier molecular flexibility index (Phi) is 5.18. The maximum Gasteiger partial charge on any atom is 0.121 e. The molecule has 0 saturated heterocycles. The van der Waals surface area contributed by atoms with Gasteiger partial charge in [0.15, 0.2) is 0 Å². The summed E-state index contributed by atoms with van der Waals surface area (Å²) in [6, 6.07) is 6.07. The van der Waals surface area contributed by atoms with Crippen molar-refractivity contribution in [2.75, 3.05) is 20.6 Å². The van der Waals surface area contributed by atoms with Crippen LogP contribution in [0.5, 0.6) is 0 Å². The summed E-state index contributed by atoms with van der Waals surface area (Å²) in [5, 5.41) is 0. The van der Waals surface area contributed by atoms with Crippen LogP contribution in [-0.4, -0.2) is 30.1 Å². The number of pyridine rings is 1. The average molecular weight is 245 g/mol. The molecule has 2 nitrogen and oxygen atoms in total. The fourth-order valence-electron chi connectivity index (χ4n) is 1.04. The third-order valence-electron chi connectivity index (χ3n) is 2.17. The predicted octanol–water partition coefficient (Wildman–Crippen LogP) is -1.32. The normalized spacial score (nSPS) is 10.7. The Morgan fingerprint density at radius 3 is 2.46 bits per heavy atom. The van der Waals surface area contributed by atoms with E-state index >= 15 is 0 Å². The minimum absolute atomic E-state index is 0. The third kappa shape index (κ3) is 4.39. The van der Waals surface area contributed by atoms with Gasteiger partial charge in [-0.3, -0.25) is 4.98 Å². The number of hydrogen-bond donors (Lipinski definition) is 0. The van der Waals surface area contributed by atoms with E-state index in [1.807, 2.05) is 18.3 Å². The van der Waals surface area contributed by atoms with Crippen molar-refractivity contribution in [1.82, 2.24) is 4.98 Å². The van der Waals surface area contributed by atoms with Gasteiger partial charge in [-0.15, -0.1) is 0 Å². The molecule has 0 atom stereocenters. The van der Waals surface area contributed by atoms with Gasteiger partial charge in [0.05, 0.1) is 26.3 Å². The van der Waals surface area contributed by atoms with Crippen LogP contribution in [0.3, 0.4) is 0 Å². The maximum atomic E-state index is 4.30. The first kappa shape index (κ1) is 12.6. The van der Waals surface area contributed by atoms with Crippen LogP contribution in [0.1, 0.15) is 12.6 Å². The molecule has 0 aliphatic rings. The van der Waals surface area contributed by atoms with Crippen LogP contribution in [0.4, 0.5) is 0 Å². The van der Waals surface area contributed by atoms with Crippen LogP contribution in [0, 0.1) is 0 Å². The molecule has 1 heterocycles. The quantitative estimate of drug-likeness (QED) is 0.602. The van der Waals surface area contributed by atoms with E-state index in [-0.39, 0.29) is 17.0 Å². The summed E-state index contributed by atoms with van der Waals surface area (Å²) in [7, 11) is 4.43. The van der Waals surface area contributed by atoms with Crippen LogP contribution in [0.15, 0.2) is 24.4 Å². The predicted molar refractivity (Wildman–Crippen MR) is 50.6 cm³/mol. The highest BCUT2D eigenvalue weighted by atomic mass is 79.9. The molecular weight excluding hydrogens is 228 g/mol. The lowest BCUT2D eigenvalue weighted by Gasteiger charge is -2.27. The van der Waals surface area contributed by atoms with Crippen LogP contribution < -0.4 is 17.0 Å². The van der Waals surface area contributed by atoms with Crippen molar-refractivity contribution in [3.63, 3.8) is 0 Å². The number of halogens is 1. The molecule has 0 unspecified atom stereocenters. The largest absolute Gasteiger partial charge is 1.00 e. The highest BCUT2D eigenvalue weighted by molar-refractivity contribution is 5.01. The average Bonchev–Trinajstić information content (AvgIpc) is 2.06. The van der Waals surface area contributed by atoms with E-state index in [2.05, 4.69) is 32.1 Å². The first-order valence-corrected chi connectivity index (χ1v) is 4.36. The molecule has 13 heavy (non-hydrogen) atoms. The van der Waals surface area contributed by atoms with Gasteiger partial charge in [-0.25, -0.2) is 0 Å². The highest BCUT2D eigenvalue weighted by Gasteiger charge is 2.12. The number of aromatic nitrogens is 1. The number of rotatable bonds is 3. The number of nitrogens with zero attached hydrogens (tertiary/aromatic N) is 2. The number of quaternary nitrogens is 1. The SMILES string of the molecule is CC[N+](C)(C)Cc1ccccn1.[Br-]. The summed E-state index contributed by atoms with van der Waals surface area (Å²) < 4.78 is 0.997. The van der Waals surface area contributed by atoms with E-state index in [1.165, 1.54) is 5.69 Å². The van der Waals surface area contributed by atoms with E-state index in [1.54, 1.807) is 0 Å². The molecule has 3 heteroatoms. The van der Waals surface area contributed by atoms with Crippen molar-refractivity contribution in [3.05, 3.63) is 30.1 Å². The molecule has 0 spiro atoms. The van der Waals surface area contributed by atoms with E-state index in [0.29, 0.717) is 0 Å². The lowest BCUT2D eigenvalue weighted by atomic mass is 10.3. The fraction of sp³-hybridized carbons (Fsp3) is 0.500. The van der Waals surface area contributed by atoms with Crippen molar-refractivity contribution in [1.29, 1.82) is 0 Å². The molecule has 74 valence electrons. The second kappa shape index (κ2) is 5.35. The topological polar surface area (TPSA) is 12.9 Å². The zero-order chi connectivity index (χ0) is 9.03. The summed E-state index contributed by atoms with van der Waals surface area (Å²) in [5.41, 5.74) is 1.17. The fourth-order valence-corrected chi connectivity index (χ4v) is 1.04. The number of hydrogen-bond acceptors (Lipinski definition) is 1. The zero-order valence-corrected chi connectivity index (χ0v) is 10.1. The van der Waals surface area contributed by atoms with E-state index in [4.69, 9.17) is 0 Å². The lowest BCUT2D eigenvalue weighted by molar-refractivity contribution is -0.902. The van der Waals surface area contributed by atoms with Gasteiger partial charge in [0.1, 0.15) is 6.54 Å². The first-order chi connectivity index (χ1) is 5.64. The Hall–Kier alpha value is -0.410. The van der Waals surface area contributed by atoms with E-state index in [9.17, 15) is 0 Å². The molecule has 1 aromatic rings. The first-order valence-electron chi connectivity index (χ1n) is 4.36. The van der Waals surface area contributed by atoms with Crippen molar-refractivity contribution in [2.45, 2.75) is 13.5 Å². The van der Waals surface area contributed by atoms with Crippen molar-refractivity contribution >= 4 is 0 Å². The Morgan fingerprint density at radius 2 is 2.00 bits per heavy atom. The van der Waals surface area contributed by atoms with Gasteiger partial charge in [-0.1, -0.05) is 6.07 Å². The highest BCUT2D eigenvalue weighted by Crippen LogP contribution is 2.04. The lowest BCUT2D eigenvalue weighted by Crippen LogP contribution is -3.00. The van der Waals surface area contributed by atoms with Crippen LogP contribution in [-0.2, 0) is 6.54 Å². The molecule has 0 fully saturated rings. The maximum absolute atomic E-state index is 4.30. The zero-order valence-electron chi connectivity index (χ0n) is 8.50. The van der Waals surface area contributed by atoms with Crippen molar-refractivity contribution in [3.8, 4) is 0 Å². The molecular formula is C10H17BrN2. The van der Waals surface area contributed by atoms with E-state index < -0.39 is 0 Å². The summed E-state index contributed by atoms with van der Waals surface area (Å²) >= 11 is 0. The van der Waals surface area contributed by atoms with Gasteiger partial charge in [0.25, 0.3) is 0 Å². The molecule has 0 bridgehead atoms. The summed E-state index contributed by atoms with van der Waals surface area (Å²) in [4.78, 5) is 4.30. The van der Waals surface area contributed by atoms with Gasteiger partial charge in [0.2, 0.25) is 0 Å². The molecule has 1 rings (SSSR count). The van der Waals surface area contributed by atoms with Gasteiger partial charge in [0, 0.05) is 6.20 Å². The molecule has 0 aliphatic heterocycles. The third-order valence-corrected chi connectivity index (χ3v) is 2.17. The molecule has 0 radical (unpaired) electrons. The molecule has 0 aromatic carbocycles. The minimum atomic E-state index is 0. The molecule has 0 aliphatic carbocycles.